The summed E-state index contributed by atoms with van der Waals surface area (Å²) in [7, 11) is 0. The van der Waals surface area contributed by atoms with Crippen molar-refractivity contribution in [3.05, 3.63) is 29.3 Å². The van der Waals surface area contributed by atoms with Crippen LogP contribution in [-0.2, 0) is 0 Å². The van der Waals surface area contributed by atoms with Gasteiger partial charge >= 0.3 is 0 Å². The van der Waals surface area contributed by atoms with E-state index >= 15 is 0 Å². The third-order valence-corrected chi connectivity index (χ3v) is 2.85. The van der Waals surface area contributed by atoms with Gasteiger partial charge in [-0.25, -0.2) is 0 Å². The highest BCUT2D eigenvalue weighted by molar-refractivity contribution is 6.00. The van der Waals surface area contributed by atoms with Crippen molar-refractivity contribution in [2.45, 2.75) is 26.7 Å². The fraction of sp³-hybridized carbons (Fsp3) is 0.462. The number of benzene rings is 1. The quantitative estimate of drug-likeness (QED) is 0.480. The second-order valence-corrected chi connectivity index (χ2v) is 4.44. The predicted octanol–water partition coefficient (Wildman–Crippen LogP) is 2.98. The van der Waals surface area contributed by atoms with Crippen LogP contribution in [0.25, 0.3) is 0 Å². The van der Waals surface area contributed by atoms with E-state index in [2.05, 4.69) is 5.16 Å². The van der Waals surface area contributed by atoms with Crippen molar-refractivity contribution in [2.24, 2.45) is 11.1 Å². The summed E-state index contributed by atoms with van der Waals surface area (Å²) in [6, 6.07) is 5.92. The minimum atomic E-state index is 0.589. The molecule has 3 nitrogen and oxygen atoms in total. The highest BCUT2D eigenvalue weighted by atomic mass is 16.5. The average molecular weight is 219 g/mol. The first-order valence-corrected chi connectivity index (χ1v) is 5.63. The molecule has 0 radical (unpaired) electrons. The largest absolute Gasteiger partial charge is 0.493 e. The lowest BCUT2D eigenvalue weighted by Gasteiger charge is -2.11. The molecule has 0 atom stereocenters. The zero-order valence-electron chi connectivity index (χ0n) is 9.73. The minimum absolute atomic E-state index is 0.589. The number of rotatable bonds is 4. The van der Waals surface area contributed by atoms with Gasteiger partial charge in [0.05, 0.1) is 12.3 Å². The monoisotopic (exact) mass is 219 g/mol. The molecule has 0 bridgehead atoms. The van der Waals surface area contributed by atoms with Crippen LogP contribution in [0.3, 0.4) is 0 Å². The number of hydrogen-bond donors (Lipinski definition) is 1. The van der Waals surface area contributed by atoms with Gasteiger partial charge < -0.3 is 9.94 Å². The summed E-state index contributed by atoms with van der Waals surface area (Å²) in [6.45, 7) is 4.57. The fourth-order valence-electron chi connectivity index (χ4n) is 1.59. The van der Waals surface area contributed by atoms with Crippen molar-refractivity contribution in [1.82, 2.24) is 0 Å². The van der Waals surface area contributed by atoms with Gasteiger partial charge in [0.15, 0.2) is 0 Å². The van der Waals surface area contributed by atoms with Crippen LogP contribution < -0.4 is 4.74 Å². The maximum atomic E-state index is 8.80. The predicted molar refractivity (Wildman–Crippen MR) is 63.4 cm³/mol. The molecule has 0 heterocycles. The molecular weight excluding hydrogens is 202 g/mol. The van der Waals surface area contributed by atoms with Gasteiger partial charge in [0, 0.05) is 5.56 Å². The first kappa shape index (κ1) is 11.0. The summed E-state index contributed by atoms with van der Waals surface area (Å²) < 4.78 is 5.77. The summed E-state index contributed by atoms with van der Waals surface area (Å²) in [4.78, 5) is 0. The van der Waals surface area contributed by atoms with Gasteiger partial charge in [-0.05, 0) is 50.3 Å². The van der Waals surface area contributed by atoms with E-state index in [1.165, 1.54) is 12.8 Å². The number of oxime groups is 1. The summed E-state index contributed by atoms with van der Waals surface area (Å²) >= 11 is 0. The lowest BCUT2D eigenvalue weighted by atomic mass is 10.1. The number of hydrogen-bond acceptors (Lipinski definition) is 3. The minimum Gasteiger partial charge on any atom is -0.493 e. The molecule has 0 aliphatic heterocycles. The van der Waals surface area contributed by atoms with Crippen molar-refractivity contribution in [3.63, 3.8) is 0 Å². The standard InChI is InChI=1S/C13H17NO2/c1-9-3-6-12(10(2)14-15)13(7-9)16-8-11-4-5-11/h3,6-7,11,15H,4-5,8H2,1-2H3. The van der Waals surface area contributed by atoms with E-state index in [1.54, 1.807) is 6.92 Å². The Morgan fingerprint density at radius 2 is 2.25 bits per heavy atom. The third-order valence-electron chi connectivity index (χ3n) is 2.85. The van der Waals surface area contributed by atoms with Crippen LogP contribution in [0.1, 0.15) is 30.9 Å². The molecule has 1 aromatic carbocycles. The summed E-state index contributed by atoms with van der Waals surface area (Å²) in [5, 5.41) is 12.0. The van der Waals surface area contributed by atoms with Crippen molar-refractivity contribution in [1.29, 1.82) is 0 Å². The van der Waals surface area contributed by atoms with Gasteiger partial charge in [0.25, 0.3) is 0 Å². The molecule has 0 aromatic heterocycles. The molecule has 0 unspecified atom stereocenters. The highest BCUT2D eigenvalue weighted by Gasteiger charge is 2.22. The van der Waals surface area contributed by atoms with Crippen molar-refractivity contribution < 1.29 is 9.94 Å². The van der Waals surface area contributed by atoms with Crippen LogP contribution in [0.5, 0.6) is 5.75 Å². The average Bonchev–Trinajstić information content (AvgIpc) is 3.09. The first-order chi connectivity index (χ1) is 7.70. The Hall–Kier alpha value is -1.51. The molecule has 2 rings (SSSR count). The molecule has 86 valence electrons. The van der Waals surface area contributed by atoms with E-state index in [4.69, 9.17) is 9.94 Å². The highest BCUT2D eigenvalue weighted by Crippen LogP contribution is 2.30. The van der Waals surface area contributed by atoms with Gasteiger partial charge in [-0.15, -0.1) is 0 Å². The van der Waals surface area contributed by atoms with Gasteiger partial charge in [-0.2, -0.15) is 0 Å². The number of aryl methyl sites for hydroxylation is 1. The number of nitrogens with zero attached hydrogens (tertiary/aromatic N) is 1. The van der Waals surface area contributed by atoms with E-state index in [0.717, 1.165) is 29.4 Å². The number of ether oxygens (including phenoxy) is 1. The molecule has 1 aromatic rings. The van der Waals surface area contributed by atoms with Crippen LogP contribution in [-0.4, -0.2) is 17.5 Å². The zero-order valence-corrected chi connectivity index (χ0v) is 9.73. The Bertz CT molecular complexity index is 408. The van der Waals surface area contributed by atoms with Crippen molar-refractivity contribution in [2.75, 3.05) is 6.61 Å². The summed E-state index contributed by atoms with van der Waals surface area (Å²) in [5.41, 5.74) is 2.61. The van der Waals surface area contributed by atoms with E-state index in [1.807, 2.05) is 25.1 Å². The van der Waals surface area contributed by atoms with Gasteiger partial charge in [-0.3, -0.25) is 0 Å². The molecule has 1 N–H and O–H groups in total. The van der Waals surface area contributed by atoms with Crippen molar-refractivity contribution >= 4 is 5.71 Å². The van der Waals surface area contributed by atoms with E-state index in [-0.39, 0.29) is 0 Å². The molecule has 0 saturated heterocycles. The van der Waals surface area contributed by atoms with E-state index in [0.29, 0.717) is 5.71 Å². The van der Waals surface area contributed by atoms with E-state index < -0.39 is 0 Å². The summed E-state index contributed by atoms with van der Waals surface area (Å²) in [5.74, 6) is 1.54. The van der Waals surface area contributed by atoms with Crippen LogP contribution in [0.2, 0.25) is 0 Å². The molecule has 0 amide bonds. The molecule has 1 fully saturated rings. The normalized spacial score (nSPS) is 16.2. The molecule has 3 heteroatoms. The Morgan fingerprint density at radius 1 is 1.50 bits per heavy atom. The molecule has 1 aliphatic carbocycles. The lowest BCUT2D eigenvalue weighted by molar-refractivity contribution is 0.297. The second-order valence-electron chi connectivity index (χ2n) is 4.44. The third kappa shape index (κ3) is 2.54. The van der Waals surface area contributed by atoms with Gasteiger partial charge in [-0.1, -0.05) is 11.2 Å². The Balaban J connectivity index is 2.20. The smallest absolute Gasteiger partial charge is 0.128 e. The van der Waals surface area contributed by atoms with Crippen molar-refractivity contribution in [3.8, 4) is 5.75 Å². The Morgan fingerprint density at radius 3 is 2.88 bits per heavy atom. The fourth-order valence-corrected chi connectivity index (χ4v) is 1.59. The van der Waals surface area contributed by atoms with Crippen LogP contribution in [0.4, 0.5) is 0 Å². The topological polar surface area (TPSA) is 41.8 Å². The SMILES string of the molecule is CC(=NO)c1ccc(C)cc1OCC1CC1. The van der Waals surface area contributed by atoms with Gasteiger partial charge in [0.1, 0.15) is 5.75 Å². The maximum absolute atomic E-state index is 8.80. The molecule has 16 heavy (non-hydrogen) atoms. The lowest BCUT2D eigenvalue weighted by Crippen LogP contribution is -2.05. The van der Waals surface area contributed by atoms with Crippen LogP contribution in [0, 0.1) is 12.8 Å². The van der Waals surface area contributed by atoms with E-state index in [9.17, 15) is 0 Å². The Kier molecular flexibility index (Phi) is 3.13. The molecule has 1 aliphatic rings. The second kappa shape index (κ2) is 4.56. The summed E-state index contributed by atoms with van der Waals surface area (Å²) in [6.07, 6.45) is 2.54. The van der Waals surface area contributed by atoms with Crippen LogP contribution >= 0.6 is 0 Å². The molecule has 0 spiro atoms. The Labute approximate surface area is 95.7 Å². The zero-order chi connectivity index (χ0) is 11.5. The first-order valence-electron chi connectivity index (χ1n) is 5.63. The molecule has 1 saturated carbocycles. The van der Waals surface area contributed by atoms with Crippen LogP contribution in [0.15, 0.2) is 23.4 Å². The molecular formula is C13H17NO2. The van der Waals surface area contributed by atoms with Gasteiger partial charge in [0.2, 0.25) is 0 Å². The maximum Gasteiger partial charge on any atom is 0.128 e.